The van der Waals surface area contributed by atoms with Gasteiger partial charge in [-0.05, 0) is 12.0 Å². The van der Waals surface area contributed by atoms with Crippen LogP contribution in [-0.2, 0) is 9.53 Å². The third-order valence-corrected chi connectivity index (χ3v) is 2.80. The van der Waals surface area contributed by atoms with Crippen LogP contribution >= 0.6 is 0 Å². The molecule has 0 spiro atoms. The highest BCUT2D eigenvalue weighted by Gasteiger charge is 2.17. The Morgan fingerprint density at radius 1 is 1.50 bits per heavy atom. The number of hydrogen-bond acceptors (Lipinski definition) is 5. The predicted octanol–water partition coefficient (Wildman–Crippen LogP) is 1.68. The first-order chi connectivity index (χ1) is 9.56. The predicted molar refractivity (Wildman–Crippen MR) is 79.1 cm³/mol. The zero-order valence-electron chi connectivity index (χ0n) is 11.9. The Morgan fingerprint density at radius 2 is 2.30 bits per heavy atom. The molecule has 0 aromatic heterocycles. The Bertz CT molecular complexity index is 489. The highest BCUT2D eigenvalue weighted by Crippen LogP contribution is 2.34. The first kappa shape index (κ1) is 14.5. The number of amides is 1. The molecule has 110 valence electrons. The lowest BCUT2D eigenvalue weighted by atomic mass is 10.2. The van der Waals surface area contributed by atoms with E-state index in [0.717, 1.165) is 12.3 Å². The van der Waals surface area contributed by atoms with E-state index in [1.54, 1.807) is 12.1 Å². The molecule has 1 aliphatic heterocycles. The number of nitrogen functional groups attached to an aromatic ring is 1. The number of nitrogens with one attached hydrogen (secondary N) is 2. The van der Waals surface area contributed by atoms with Crippen LogP contribution in [0.2, 0.25) is 0 Å². The summed E-state index contributed by atoms with van der Waals surface area (Å²) in [7, 11) is 0. The SMILES string of the molecule is CC(C)COCCNc1cc2c(cc1N)OCC(=O)N2. The van der Waals surface area contributed by atoms with Crippen molar-refractivity contribution in [1.29, 1.82) is 0 Å². The Kier molecular flexibility index (Phi) is 4.68. The molecule has 0 atom stereocenters. The average Bonchev–Trinajstić information content (AvgIpc) is 2.39. The van der Waals surface area contributed by atoms with E-state index in [2.05, 4.69) is 24.5 Å². The number of benzene rings is 1. The monoisotopic (exact) mass is 279 g/mol. The first-order valence-electron chi connectivity index (χ1n) is 6.74. The summed E-state index contributed by atoms with van der Waals surface area (Å²) in [5, 5.41) is 5.95. The summed E-state index contributed by atoms with van der Waals surface area (Å²) < 4.78 is 10.8. The van der Waals surface area contributed by atoms with Gasteiger partial charge in [-0.3, -0.25) is 4.79 Å². The fourth-order valence-electron chi connectivity index (χ4n) is 1.87. The average molecular weight is 279 g/mol. The highest BCUT2D eigenvalue weighted by molar-refractivity contribution is 5.97. The van der Waals surface area contributed by atoms with Crippen LogP contribution in [0.25, 0.3) is 0 Å². The Hall–Kier alpha value is -1.95. The van der Waals surface area contributed by atoms with Crippen molar-refractivity contribution >= 4 is 23.0 Å². The van der Waals surface area contributed by atoms with E-state index in [0.29, 0.717) is 36.2 Å². The molecule has 20 heavy (non-hydrogen) atoms. The van der Waals surface area contributed by atoms with Gasteiger partial charge in [0.05, 0.1) is 23.7 Å². The second kappa shape index (κ2) is 6.47. The number of carbonyl (C=O) groups excluding carboxylic acids is 1. The van der Waals surface area contributed by atoms with E-state index < -0.39 is 0 Å². The molecule has 0 radical (unpaired) electrons. The smallest absolute Gasteiger partial charge is 0.262 e. The molecule has 1 aliphatic rings. The van der Waals surface area contributed by atoms with Crippen LogP contribution in [0.1, 0.15) is 13.8 Å². The third-order valence-electron chi connectivity index (χ3n) is 2.80. The minimum atomic E-state index is -0.159. The fraction of sp³-hybridized carbons (Fsp3) is 0.500. The van der Waals surface area contributed by atoms with Gasteiger partial charge in [-0.1, -0.05) is 13.8 Å². The Balaban J connectivity index is 1.91. The normalized spacial score (nSPS) is 13.7. The van der Waals surface area contributed by atoms with Crippen molar-refractivity contribution in [3.8, 4) is 5.75 Å². The molecule has 1 aromatic rings. The molecule has 6 heteroatoms. The Morgan fingerprint density at radius 3 is 3.05 bits per heavy atom. The molecule has 0 saturated carbocycles. The van der Waals surface area contributed by atoms with Crippen molar-refractivity contribution in [2.24, 2.45) is 5.92 Å². The van der Waals surface area contributed by atoms with Gasteiger partial charge in [-0.15, -0.1) is 0 Å². The summed E-state index contributed by atoms with van der Waals surface area (Å²) in [6, 6.07) is 3.50. The van der Waals surface area contributed by atoms with E-state index in [4.69, 9.17) is 15.2 Å². The van der Waals surface area contributed by atoms with Gasteiger partial charge in [0.1, 0.15) is 5.75 Å². The number of rotatable bonds is 6. The van der Waals surface area contributed by atoms with Crippen LogP contribution in [-0.4, -0.2) is 32.3 Å². The molecule has 0 saturated heterocycles. The van der Waals surface area contributed by atoms with Gasteiger partial charge in [-0.25, -0.2) is 0 Å². The molecule has 4 N–H and O–H groups in total. The largest absolute Gasteiger partial charge is 0.482 e. The molecule has 1 amide bonds. The summed E-state index contributed by atoms with van der Waals surface area (Å²) in [5.74, 6) is 0.966. The number of fused-ring (bicyclic) bond motifs is 1. The standard InChI is InChI=1S/C14H21N3O3/c1-9(2)7-19-4-3-16-11-6-12-13(5-10(11)15)20-8-14(18)17-12/h5-6,9,16H,3-4,7-8,15H2,1-2H3,(H,17,18). The molecule has 6 nitrogen and oxygen atoms in total. The summed E-state index contributed by atoms with van der Waals surface area (Å²) in [6.07, 6.45) is 0. The number of nitrogens with two attached hydrogens (primary N) is 1. The zero-order chi connectivity index (χ0) is 14.5. The number of anilines is 3. The summed E-state index contributed by atoms with van der Waals surface area (Å²) in [6.45, 7) is 6.25. The van der Waals surface area contributed by atoms with Crippen molar-refractivity contribution in [3.63, 3.8) is 0 Å². The third kappa shape index (κ3) is 3.77. The summed E-state index contributed by atoms with van der Waals surface area (Å²) in [4.78, 5) is 11.3. The van der Waals surface area contributed by atoms with E-state index >= 15 is 0 Å². The molecular formula is C14H21N3O3. The maximum Gasteiger partial charge on any atom is 0.262 e. The van der Waals surface area contributed by atoms with E-state index in [-0.39, 0.29) is 12.5 Å². The second-order valence-electron chi connectivity index (χ2n) is 5.17. The van der Waals surface area contributed by atoms with Crippen LogP contribution in [0.4, 0.5) is 17.1 Å². The summed E-state index contributed by atoms with van der Waals surface area (Å²) >= 11 is 0. The van der Waals surface area contributed by atoms with Gasteiger partial charge in [0.2, 0.25) is 0 Å². The van der Waals surface area contributed by atoms with Crippen LogP contribution in [0.5, 0.6) is 5.75 Å². The van der Waals surface area contributed by atoms with Crippen LogP contribution in [0, 0.1) is 5.92 Å². The van der Waals surface area contributed by atoms with Crippen molar-refractivity contribution in [3.05, 3.63) is 12.1 Å². The van der Waals surface area contributed by atoms with Gasteiger partial charge >= 0.3 is 0 Å². The minimum absolute atomic E-state index is 0.0300. The molecule has 2 rings (SSSR count). The van der Waals surface area contributed by atoms with Crippen LogP contribution in [0.15, 0.2) is 12.1 Å². The second-order valence-corrected chi connectivity index (χ2v) is 5.17. The van der Waals surface area contributed by atoms with Gasteiger partial charge in [0.15, 0.2) is 6.61 Å². The fourth-order valence-corrected chi connectivity index (χ4v) is 1.87. The van der Waals surface area contributed by atoms with Crippen molar-refractivity contribution in [2.75, 3.05) is 42.7 Å². The molecule has 1 aromatic carbocycles. The van der Waals surface area contributed by atoms with Gasteiger partial charge < -0.3 is 25.8 Å². The minimum Gasteiger partial charge on any atom is -0.482 e. The maximum atomic E-state index is 11.3. The number of carbonyl (C=O) groups is 1. The van der Waals surface area contributed by atoms with Gasteiger partial charge in [-0.2, -0.15) is 0 Å². The highest BCUT2D eigenvalue weighted by atomic mass is 16.5. The lowest BCUT2D eigenvalue weighted by Gasteiger charge is -2.20. The topological polar surface area (TPSA) is 85.6 Å². The first-order valence-corrected chi connectivity index (χ1v) is 6.74. The lowest BCUT2D eigenvalue weighted by molar-refractivity contribution is -0.118. The van der Waals surface area contributed by atoms with Crippen LogP contribution < -0.4 is 21.1 Å². The quantitative estimate of drug-likeness (QED) is 0.545. The number of ether oxygens (including phenoxy) is 2. The van der Waals surface area contributed by atoms with E-state index in [1.807, 2.05) is 0 Å². The van der Waals surface area contributed by atoms with Crippen molar-refractivity contribution < 1.29 is 14.3 Å². The number of hydrogen-bond donors (Lipinski definition) is 3. The zero-order valence-corrected chi connectivity index (χ0v) is 11.9. The maximum absolute atomic E-state index is 11.3. The molecular weight excluding hydrogens is 258 g/mol. The molecule has 0 fully saturated rings. The Labute approximate surface area is 118 Å². The van der Waals surface area contributed by atoms with E-state index in [9.17, 15) is 4.79 Å². The lowest BCUT2D eigenvalue weighted by Crippen LogP contribution is -2.25. The van der Waals surface area contributed by atoms with Gasteiger partial charge in [0, 0.05) is 19.2 Å². The van der Waals surface area contributed by atoms with Crippen molar-refractivity contribution in [1.82, 2.24) is 0 Å². The molecule has 0 bridgehead atoms. The van der Waals surface area contributed by atoms with E-state index in [1.165, 1.54) is 0 Å². The van der Waals surface area contributed by atoms with Crippen LogP contribution in [0.3, 0.4) is 0 Å². The molecule has 0 aliphatic carbocycles. The van der Waals surface area contributed by atoms with Gasteiger partial charge in [0.25, 0.3) is 5.91 Å². The molecule has 1 heterocycles. The molecule has 0 unspecified atom stereocenters. The summed E-state index contributed by atoms with van der Waals surface area (Å²) in [5.41, 5.74) is 7.94. The van der Waals surface area contributed by atoms with Crippen molar-refractivity contribution in [2.45, 2.75) is 13.8 Å².